The summed E-state index contributed by atoms with van der Waals surface area (Å²) in [4.78, 5) is 33.6. The number of aromatic nitrogens is 1. The molecule has 1 aromatic heterocycles. The summed E-state index contributed by atoms with van der Waals surface area (Å²) in [7, 11) is 0. The van der Waals surface area contributed by atoms with Gasteiger partial charge in [0.25, 0.3) is 0 Å². The summed E-state index contributed by atoms with van der Waals surface area (Å²) in [5, 5.41) is 0.803. The first kappa shape index (κ1) is 27.3. The number of carbonyl (C=O) groups is 2. The van der Waals surface area contributed by atoms with E-state index in [9.17, 15) is 9.59 Å². The number of nitrogens with zero attached hydrogens (tertiary/aromatic N) is 3. The molecule has 0 unspecified atom stereocenters. The SMILES string of the molecule is CC(C)(C)OC(=O)N1CCC(c2cc(Cl)c3c(c2)N(C(=O)OC(C)(C)C)c2nccc(Cl)c2CO3)CC1. The van der Waals surface area contributed by atoms with Crippen LogP contribution in [0.3, 0.4) is 0 Å². The quantitative estimate of drug-likeness (QED) is 0.367. The average Bonchev–Trinajstić information content (AvgIpc) is 2.95. The monoisotopic (exact) mass is 549 g/mol. The van der Waals surface area contributed by atoms with E-state index in [1.807, 2.05) is 32.9 Å². The third-order valence-corrected chi connectivity index (χ3v) is 6.66. The largest absolute Gasteiger partial charge is 0.485 e. The minimum atomic E-state index is -0.737. The Bertz CT molecular complexity index is 1200. The van der Waals surface area contributed by atoms with Crippen molar-refractivity contribution >= 4 is 46.9 Å². The zero-order chi connectivity index (χ0) is 27.1. The van der Waals surface area contributed by atoms with Crippen LogP contribution >= 0.6 is 23.2 Å². The van der Waals surface area contributed by atoms with Crippen LogP contribution < -0.4 is 9.64 Å². The first-order valence-electron chi connectivity index (χ1n) is 12.3. The van der Waals surface area contributed by atoms with Crippen molar-refractivity contribution in [3.05, 3.63) is 45.6 Å². The fraction of sp³-hybridized carbons (Fsp3) is 0.519. The van der Waals surface area contributed by atoms with Crippen LogP contribution in [0.1, 0.15) is 71.4 Å². The van der Waals surface area contributed by atoms with E-state index in [0.29, 0.717) is 46.0 Å². The lowest BCUT2D eigenvalue weighted by Gasteiger charge is -2.34. The van der Waals surface area contributed by atoms with Crippen LogP contribution in [-0.4, -0.2) is 46.4 Å². The zero-order valence-corrected chi connectivity index (χ0v) is 23.6. The van der Waals surface area contributed by atoms with E-state index in [0.717, 1.165) is 18.4 Å². The van der Waals surface area contributed by atoms with Crippen molar-refractivity contribution in [1.29, 1.82) is 0 Å². The summed E-state index contributed by atoms with van der Waals surface area (Å²) in [6.07, 6.45) is 2.07. The van der Waals surface area contributed by atoms with E-state index < -0.39 is 17.3 Å². The van der Waals surface area contributed by atoms with Crippen LogP contribution in [0.5, 0.6) is 5.75 Å². The van der Waals surface area contributed by atoms with Crippen LogP contribution in [0.25, 0.3) is 0 Å². The van der Waals surface area contributed by atoms with Crippen molar-refractivity contribution in [2.24, 2.45) is 0 Å². The number of pyridine rings is 1. The lowest BCUT2D eigenvalue weighted by atomic mass is 9.89. The van der Waals surface area contributed by atoms with E-state index in [-0.39, 0.29) is 18.6 Å². The molecule has 1 saturated heterocycles. The highest BCUT2D eigenvalue weighted by molar-refractivity contribution is 6.33. The zero-order valence-electron chi connectivity index (χ0n) is 22.1. The Kier molecular flexibility index (Phi) is 7.55. The van der Waals surface area contributed by atoms with E-state index >= 15 is 0 Å². The molecule has 200 valence electrons. The predicted octanol–water partition coefficient (Wildman–Crippen LogP) is 7.47. The number of ether oxygens (including phenoxy) is 3. The van der Waals surface area contributed by atoms with Gasteiger partial charge in [0, 0.05) is 19.3 Å². The molecule has 10 heteroatoms. The average molecular weight is 550 g/mol. The van der Waals surface area contributed by atoms with Gasteiger partial charge in [-0.05, 0) is 84.1 Å². The molecule has 0 radical (unpaired) electrons. The summed E-state index contributed by atoms with van der Waals surface area (Å²) in [5.74, 6) is 0.821. The molecule has 0 bridgehead atoms. The Morgan fingerprint density at radius 2 is 1.59 bits per heavy atom. The first-order valence-corrected chi connectivity index (χ1v) is 13.1. The topological polar surface area (TPSA) is 81.2 Å². The van der Waals surface area contributed by atoms with Crippen molar-refractivity contribution in [3.8, 4) is 5.75 Å². The van der Waals surface area contributed by atoms with Crippen molar-refractivity contribution in [2.75, 3.05) is 18.0 Å². The number of likely N-dealkylation sites (tertiary alicyclic amines) is 1. The van der Waals surface area contributed by atoms with Gasteiger partial charge in [-0.15, -0.1) is 0 Å². The fourth-order valence-corrected chi connectivity index (χ4v) is 4.87. The molecular weight excluding hydrogens is 517 g/mol. The molecule has 4 rings (SSSR count). The van der Waals surface area contributed by atoms with E-state index in [4.69, 9.17) is 37.4 Å². The van der Waals surface area contributed by atoms with Gasteiger partial charge in [0.15, 0.2) is 11.6 Å². The van der Waals surface area contributed by atoms with Crippen LogP contribution in [0.2, 0.25) is 10.0 Å². The number of piperidine rings is 1. The maximum absolute atomic E-state index is 13.5. The number of carbonyl (C=O) groups excluding carboxylic acids is 2. The molecule has 2 aliphatic heterocycles. The third-order valence-electron chi connectivity index (χ3n) is 6.03. The Hall–Kier alpha value is -2.71. The molecule has 0 N–H and O–H groups in total. The maximum atomic E-state index is 13.5. The van der Waals surface area contributed by atoms with Gasteiger partial charge in [0.05, 0.1) is 21.3 Å². The highest BCUT2D eigenvalue weighted by Crippen LogP contribution is 2.47. The van der Waals surface area contributed by atoms with Gasteiger partial charge in [-0.25, -0.2) is 19.5 Å². The van der Waals surface area contributed by atoms with Crippen molar-refractivity contribution in [2.45, 2.75) is 78.1 Å². The van der Waals surface area contributed by atoms with Crippen LogP contribution in [-0.2, 0) is 16.1 Å². The molecule has 0 spiro atoms. The lowest BCUT2D eigenvalue weighted by Crippen LogP contribution is -2.41. The molecule has 8 nitrogen and oxygen atoms in total. The summed E-state index contributed by atoms with van der Waals surface area (Å²) >= 11 is 13.2. The minimum absolute atomic E-state index is 0.0989. The van der Waals surface area contributed by atoms with Crippen molar-refractivity contribution in [3.63, 3.8) is 0 Å². The van der Waals surface area contributed by atoms with Gasteiger partial charge in [-0.2, -0.15) is 0 Å². The molecule has 2 aliphatic rings. The van der Waals surface area contributed by atoms with Gasteiger partial charge in [-0.3, -0.25) is 0 Å². The maximum Gasteiger partial charge on any atom is 0.420 e. The summed E-state index contributed by atoms with van der Waals surface area (Å²) in [6, 6.07) is 5.42. The molecular formula is C27H33Cl2N3O5. The molecule has 0 saturated carbocycles. The number of benzene rings is 1. The van der Waals surface area contributed by atoms with Gasteiger partial charge >= 0.3 is 12.2 Å². The summed E-state index contributed by atoms with van der Waals surface area (Å²) < 4.78 is 17.3. The fourth-order valence-electron chi connectivity index (χ4n) is 4.40. The van der Waals surface area contributed by atoms with Gasteiger partial charge in [-0.1, -0.05) is 23.2 Å². The van der Waals surface area contributed by atoms with E-state index in [2.05, 4.69) is 4.98 Å². The van der Waals surface area contributed by atoms with Gasteiger partial charge < -0.3 is 19.1 Å². The number of amides is 2. The molecule has 0 atom stereocenters. The second kappa shape index (κ2) is 10.2. The minimum Gasteiger partial charge on any atom is -0.485 e. The molecule has 2 aromatic rings. The number of halogens is 2. The molecule has 1 fully saturated rings. The van der Waals surface area contributed by atoms with E-state index in [1.165, 1.54) is 4.90 Å². The molecule has 1 aromatic carbocycles. The van der Waals surface area contributed by atoms with Crippen molar-refractivity contribution in [1.82, 2.24) is 9.88 Å². The summed E-state index contributed by atoms with van der Waals surface area (Å²) in [5.41, 5.74) is 0.667. The number of hydrogen-bond donors (Lipinski definition) is 0. The van der Waals surface area contributed by atoms with Crippen LogP contribution in [0, 0.1) is 0 Å². The Morgan fingerprint density at radius 1 is 0.973 bits per heavy atom. The van der Waals surface area contributed by atoms with Crippen LogP contribution in [0.15, 0.2) is 24.4 Å². The standard InChI is InChI=1S/C27H33Cl2N3O5/c1-26(2,3)36-24(33)31-11-8-16(9-12-31)17-13-20(29)22-21(14-17)32(25(34)37-27(4,5)6)23-18(15-35-22)19(28)7-10-30-23/h7,10,13-14,16H,8-9,11-12,15H2,1-6H3. The Morgan fingerprint density at radius 3 is 2.22 bits per heavy atom. The molecule has 0 aliphatic carbocycles. The molecule has 3 heterocycles. The number of anilines is 2. The molecule has 2 amide bonds. The van der Waals surface area contributed by atoms with Gasteiger partial charge in [0.2, 0.25) is 0 Å². The molecule has 37 heavy (non-hydrogen) atoms. The Labute approximate surface area is 227 Å². The second-order valence-corrected chi connectivity index (χ2v) is 12.1. The van der Waals surface area contributed by atoms with E-state index in [1.54, 1.807) is 37.9 Å². The lowest BCUT2D eigenvalue weighted by molar-refractivity contribution is 0.0204. The first-order chi connectivity index (χ1) is 17.2. The summed E-state index contributed by atoms with van der Waals surface area (Å²) in [6.45, 7) is 12.2. The number of hydrogen-bond acceptors (Lipinski definition) is 6. The Balaban J connectivity index is 1.68. The highest BCUT2D eigenvalue weighted by Gasteiger charge is 2.35. The normalized spacial score (nSPS) is 16.3. The second-order valence-electron chi connectivity index (χ2n) is 11.3. The smallest absolute Gasteiger partial charge is 0.420 e. The van der Waals surface area contributed by atoms with Gasteiger partial charge in [0.1, 0.15) is 17.8 Å². The highest BCUT2D eigenvalue weighted by atomic mass is 35.5. The number of fused-ring (bicyclic) bond motifs is 2. The number of rotatable bonds is 1. The predicted molar refractivity (Wildman–Crippen MR) is 143 cm³/mol. The van der Waals surface area contributed by atoms with Crippen LogP contribution in [0.4, 0.5) is 21.1 Å². The van der Waals surface area contributed by atoms with Crippen molar-refractivity contribution < 1.29 is 23.8 Å². The third kappa shape index (κ3) is 6.24.